The van der Waals surface area contributed by atoms with E-state index in [2.05, 4.69) is 41.3 Å². The number of benzene rings is 2. The van der Waals surface area contributed by atoms with E-state index in [9.17, 15) is 21.6 Å². The van der Waals surface area contributed by atoms with E-state index < -0.39 is 26.0 Å². The van der Waals surface area contributed by atoms with Gasteiger partial charge in [-0.25, -0.2) is 31.1 Å². The summed E-state index contributed by atoms with van der Waals surface area (Å²) in [5, 5.41) is 17.7. The molecule has 9 nitrogen and oxygen atoms in total. The first-order valence-electron chi connectivity index (χ1n) is 8.81. The average Bonchev–Trinajstić information content (AvgIpc) is 2.68. The quantitative estimate of drug-likeness (QED) is 0.363. The number of halogens is 2. The summed E-state index contributed by atoms with van der Waals surface area (Å²) in [6.45, 7) is 3.75. The highest BCUT2D eigenvalue weighted by atomic mass is 79.9. The molecule has 0 bridgehead atoms. The van der Waals surface area contributed by atoms with Gasteiger partial charge in [0, 0.05) is 22.0 Å². The lowest BCUT2D eigenvalue weighted by Gasteiger charge is -2.08. The van der Waals surface area contributed by atoms with E-state index in [1.807, 2.05) is 0 Å². The van der Waals surface area contributed by atoms with Crippen molar-refractivity contribution >= 4 is 57.9 Å². The van der Waals surface area contributed by atoms with Gasteiger partial charge < -0.3 is 10.2 Å². The smallest absolute Gasteiger partial charge is 0.335 e. The van der Waals surface area contributed by atoms with Crippen molar-refractivity contribution in [1.29, 1.82) is 0 Å². The van der Waals surface area contributed by atoms with Crippen LogP contribution in [0.4, 0.5) is 0 Å². The summed E-state index contributed by atoms with van der Waals surface area (Å²) < 4.78 is 52.3. The second kappa shape index (κ2) is 12.0. The Morgan fingerprint density at radius 1 is 0.871 bits per heavy atom. The Bertz CT molecular complexity index is 1140. The van der Waals surface area contributed by atoms with Gasteiger partial charge in [0.15, 0.2) is 0 Å². The van der Waals surface area contributed by atoms with Crippen LogP contribution in [-0.2, 0) is 26.7 Å². The zero-order valence-electron chi connectivity index (χ0n) is 16.6. The summed E-state index contributed by atoms with van der Waals surface area (Å²) in [6.07, 6.45) is 0. The summed E-state index contributed by atoms with van der Waals surface area (Å²) in [7, 11) is -7.14. The maximum Gasteiger partial charge on any atom is 0.335 e. The van der Waals surface area contributed by atoms with Gasteiger partial charge in [-0.2, -0.15) is 0 Å². The SMILES string of the molecule is CCNS(=O)(=O)c1cc(C(=O)O)ccc1Br.CCNS(=O)(=O)c1cc(CO)ccc1Br. The Balaban J connectivity index is 0.000000311. The fourth-order valence-corrected chi connectivity index (χ4v) is 6.31. The van der Waals surface area contributed by atoms with Crippen molar-refractivity contribution in [2.45, 2.75) is 30.2 Å². The molecule has 2 rings (SSSR count). The summed E-state index contributed by atoms with van der Waals surface area (Å²) in [5.74, 6) is -1.17. The van der Waals surface area contributed by atoms with Crippen molar-refractivity contribution in [2.24, 2.45) is 0 Å². The van der Waals surface area contributed by atoms with Gasteiger partial charge in [-0.15, -0.1) is 0 Å². The topological polar surface area (TPSA) is 150 Å². The zero-order valence-corrected chi connectivity index (χ0v) is 21.4. The van der Waals surface area contributed by atoms with Crippen LogP contribution in [0.1, 0.15) is 29.8 Å². The lowest BCUT2D eigenvalue weighted by Crippen LogP contribution is -2.23. The van der Waals surface area contributed by atoms with E-state index in [1.54, 1.807) is 26.0 Å². The minimum absolute atomic E-state index is 0.0697. The Morgan fingerprint density at radius 2 is 1.32 bits per heavy atom. The maximum absolute atomic E-state index is 11.7. The first-order valence-corrected chi connectivity index (χ1v) is 13.4. The van der Waals surface area contributed by atoms with Crippen LogP contribution in [0.2, 0.25) is 0 Å². The van der Waals surface area contributed by atoms with Crippen molar-refractivity contribution in [3.8, 4) is 0 Å². The van der Waals surface area contributed by atoms with Gasteiger partial charge in [0.25, 0.3) is 0 Å². The molecule has 4 N–H and O–H groups in total. The molecule has 0 aliphatic carbocycles. The van der Waals surface area contributed by atoms with Gasteiger partial charge in [-0.05, 0) is 67.8 Å². The van der Waals surface area contributed by atoms with Crippen molar-refractivity contribution < 1.29 is 31.8 Å². The van der Waals surface area contributed by atoms with Gasteiger partial charge >= 0.3 is 5.97 Å². The molecule has 13 heteroatoms. The molecule has 0 heterocycles. The predicted octanol–water partition coefficient (Wildman–Crippen LogP) is 2.69. The second-order valence-electron chi connectivity index (χ2n) is 5.88. The third kappa shape index (κ3) is 7.93. The summed E-state index contributed by atoms with van der Waals surface area (Å²) in [4.78, 5) is 10.8. The molecule has 0 saturated heterocycles. The van der Waals surface area contributed by atoms with Gasteiger partial charge in [0.05, 0.1) is 22.0 Å². The fourth-order valence-electron chi connectivity index (χ4n) is 2.23. The van der Waals surface area contributed by atoms with Gasteiger partial charge in [-0.1, -0.05) is 19.9 Å². The van der Waals surface area contributed by atoms with Crippen LogP contribution in [0.5, 0.6) is 0 Å². The number of aromatic carboxylic acids is 1. The fraction of sp³-hybridized carbons (Fsp3) is 0.278. The summed E-state index contributed by atoms with van der Waals surface area (Å²) in [5.41, 5.74) is 0.495. The predicted molar refractivity (Wildman–Crippen MR) is 123 cm³/mol. The van der Waals surface area contributed by atoms with E-state index in [-0.39, 0.29) is 28.5 Å². The number of nitrogens with one attached hydrogen (secondary N) is 2. The highest BCUT2D eigenvalue weighted by molar-refractivity contribution is 9.10. The first kappa shape index (κ1) is 27.7. The zero-order chi connectivity index (χ0) is 23.8. The number of hydrogen-bond acceptors (Lipinski definition) is 6. The molecule has 0 amide bonds. The molecule has 172 valence electrons. The number of carboxylic acid groups (broad SMARTS) is 1. The van der Waals surface area contributed by atoms with Crippen molar-refractivity contribution in [1.82, 2.24) is 9.44 Å². The van der Waals surface area contributed by atoms with Crippen LogP contribution in [0.25, 0.3) is 0 Å². The normalized spacial score (nSPS) is 11.5. The van der Waals surface area contributed by atoms with Crippen molar-refractivity contribution in [2.75, 3.05) is 13.1 Å². The minimum Gasteiger partial charge on any atom is -0.478 e. The van der Waals surface area contributed by atoms with Gasteiger partial charge in [-0.3, -0.25) is 0 Å². The molecule has 0 atom stereocenters. The van der Waals surface area contributed by atoms with E-state index in [1.165, 1.54) is 18.2 Å². The number of sulfonamides is 2. The largest absolute Gasteiger partial charge is 0.478 e. The molecule has 0 radical (unpaired) electrons. The maximum atomic E-state index is 11.7. The molecule has 0 aromatic heterocycles. The third-order valence-electron chi connectivity index (χ3n) is 3.60. The molecule has 0 saturated carbocycles. The molecule has 2 aromatic carbocycles. The second-order valence-corrected chi connectivity index (χ2v) is 11.1. The molecule has 2 aromatic rings. The van der Waals surface area contributed by atoms with E-state index >= 15 is 0 Å². The van der Waals surface area contributed by atoms with Crippen molar-refractivity contribution in [3.05, 3.63) is 56.5 Å². The minimum atomic E-state index is -3.66. The van der Waals surface area contributed by atoms with Crippen LogP contribution in [0.3, 0.4) is 0 Å². The molecule has 0 spiro atoms. The van der Waals surface area contributed by atoms with Crippen LogP contribution in [0.15, 0.2) is 55.1 Å². The highest BCUT2D eigenvalue weighted by Gasteiger charge is 2.19. The molecular weight excluding hydrogens is 580 g/mol. The number of carboxylic acids is 1. The van der Waals surface area contributed by atoms with Crippen LogP contribution >= 0.6 is 31.9 Å². The lowest BCUT2D eigenvalue weighted by atomic mass is 10.2. The van der Waals surface area contributed by atoms with E-state index in [4.69, 9.17) is 10.2 Å². The first-order chi connectivity index (χ1) is 14.4. The molecule has 0 unspecified atom stereocenters. The van der Waals surface area contributed by atoms with E-state index in [0.29, 0.717) is 21.1 Å². The number of aliphatic hydroxyl groups excluding tert-OH is 1. The number of rotatable bonds is 8. The Labute approximate surface area is 198 Å². The van der Waals surface area contributed by atoms with Gasteiger partial charge in [0.2, 0.25) is 20.0 Å². The highest BCUT2D eigenvalue weighted by Crippen LogP contribution is 2.24. The molecule has 0 aliphatic rings. The lowest BCUT2D eigenvalue weighted by molar-refractivity contribution is 0.0696. The summed E-state index contributed by atoms with van der Waals surface area (Å²) in [6, 6.07) is 8.56. The monoisotopic (exact) mass is 600 g/mol. The number of aliphatic hydroxyl groups is 1. The van der Waals surface area contributed by atoms with Crippen LogP contribution < -0.4 is 9.44 Å². The number of carbonyl (C=O) groups is 1. The molecule has 0 fully saturated rings. The Kier molecular flexibility index (Phi) is 10.8. The van der Waals surface area contributed by atoms with Crippen molar-refractivity contribution in [3.63, 3.8) is 0 Å². The Morgan fingerprint density at radius 3 is 1.74 bits per heavy atom. The standard InChI is InChI=1S/C9H10BrNO4S.C9H12BrNO3S/c1-2-11-16(14,15)8-5-6(9(12)13)3-4-7(8)10;1-2-11-15(13,14)9-5-7(6-12)3-4-8(9)10/h3-5,11H,2H2,1H3,(H,12,13);3-5,11-12H,2,6H2,1H3. The molecular formula is C18H22Br2N2O7S2. The summed E-state index contributed by atoms with van der Waals surface area (Å²) >= 11 is 6.24. The van der Waals surface area contributed by atoms with Crippen LogP contribution in [0, 0.1) is 0 Å². The molecule has 0 aliphatic heterocycles. The third-order valence-corrected chi connectivity index (χ3v) is 8.68. The Hall–Kier alpha value is -1.35. The van der Waals surface area contributed by atoms with Crippen LogP contribution in [-0.4, -0.2) is 46.1 Å². The van der Waals surface area contributed by atoms with E-state index in [0.717, 1.165) is 6.07 Å². The van der Waals surface area contributed by atoms with Gasteiger partial charge in [0.1, 0.15) is 0 Å². The number of hydrogen-bond donors (Lipinski definition) is 4. The molecule has 31 heavy (non-hydrogen) atoms. The average molecular weight is 602 g/mol.